The summed E-state index contributed by atoms with van der Waals surface area (Å²) in [4.78, 5) is 28.6. The monoisotopic (exact) mass is 372 g/mol. The highest BCUT2D eigenvalue weighted by molar-refractivity contribution is 5.87. The Kier molecular flexibility index (Phi) is 5.74. The smallest absolute Gasteiger partial charge is 0.279 e. The number of fused-ring (bicyclic) bond motifs is 1. The molecule has 4 rings (SSSR count). The van der Waals surface area contributed by atoms with Gasteiger partial charge in [-0.3, -0.25) is 9.59 Å². The number of amides is 2. The van der Waals surface area contributed by atoms with Gasteiger partial charge in [-0.15, -0.1) is 0 Å². The lowest BCUT2D eigenvalue weighted by Gasteiger charge is -2.38. The molecule has 6 heteroatoms. The van der Waals surface area contributed by atoms with Crippen LogP contribution in [0.25, 0.3) is 0 Å². The molecule has 3 fully saturated rings. The molecule has 27 heavy (non-hydrogen) atoms. The molecule has 0 aromatic heterocycles. The zero-order chi connectivity index (χ0) is 18.6. The molecular weight excluding hydrogens is 340 g/mol. The van der Waals surface area contributed by atoms with Gasteiger partial charge in [-0.2, -0.15) is 0 Å². The van der Waals surface area contributed by atoms with E-state index in [1.165, 1.54) is 23.3 Å². The summed E-state index contributed by atoms with van der Waals surface area (Å²) < 4.78 is 0. The van der Waals surface area contributed by atoms with Crippen LogP contribution in [0.2, 0.25) is 0 Å². The molecule has 3 aliphatic rings. The van der Waals surface area contributed by atoms with Crippen LogP contribution in [0.5, 0.6) is 0 Å². The standard InChI is InChI=1S/C21H30N4O2/c26-20(14-19-21(27)23-18-9-5-4-8-17(18)22-19)25-12-10-24(11-13-25)15-16-6-2-1-3-7-16/h1-3,6-7,17-19,22H,4-5,8-15H2,(H,23,27)/p+2/t17-,18+,19+/m1/s1. The van der Waals surface area contributed by atoms with E-state index in [0.29, 0.717) is 18.5 Å². The van der Waals surface area contributed by atoms with Crippen molar-refractivity contribution in [3.63, 3.8) is 0 Å². The maximum Gasteiger partial charge on any atom is 0.279 e. The zero-order valence-corrected chi connectivity index (χ0v) is 16.0. The summed E-state index contributed by atoms with van der Waals surface area (Å²) in [7, 11) is 0. The number of quaternary nitrogens is 2. The molecule has 2 amide bonds. The van der Waals surface area contributed by atoms with Gasteiger partial charge < -0.3 is 20.4 Å². The van der Waals surface area contributed by atoms with Crippen LogP contribution in [0.3, 0.4) is 0 Å². The number of hydrogen-bond donors (Lipinski definition) is 3. The molecule has 2 heterocycles. The molecule has 0 bridgehead atoms. The molecule has 1 aliphatic carbocycles. The van der Waals surface area contributed by atoms with Crippen LogP contribution in [0.15, 0.2) is 30.3 Å². The van der Waals surface area contributed by atoms with E-state index < -0.39 is 0 Å². The van der Waals surface area contributed by atoms with Crippen molar-refractivity contribution >= 4 is 11.8 Å². The lowest BCUT2D eigenvalue weighted by Crippen LogP contribution is -3.13. The zero-order valence-electron chi connectivity index (χ0n) is 16.0. The second kappa shape index (κ2) is 8.40. The van der Waals surface area contributed by atoms with Crippen molar-refractivity contribution in [3.05, 3.63) is 35.9 Å². The minimum absolute atomic E-state index is 0.0554. The van der Waals surface area contributed by atoms with Crippen molar-refractivity contribution in [2.75, 3.05) is 26.2 Å². The lowest BCUT2D eigenvalue weighted by molar-refractivity contribution is -0.917. The van der Waals surface area contributed by atoms with Crippen LogP contribution in [0.1, 0.15) is 37.7 Å². The van der Waals surface area contributed by atoms with Gasteiger partial charge in [0.1, 0.15) is 12.6 Å². The summed E-state index contributed by atoms with van der Waals surface area (Å²) in [6.45, 7) is 4.56. The number of carbonyl (C=O) groups excluding carboxylic acids is 2. The quantitative estimate of drug-likeness (QED) is 0.613. The third kappa shape index (κ3) is 4.50. The molecule has 4 N–H and O–H groups in total. The topological polar surface area (TPSA) is 70.5 Å². The van der Waals surface area contributed by atoms with Crippen molar-refractivity contribution in [1.82, 2.24) is 10.2 Å². The summed E-state index contributed by atoms with van der Waals surface area (Å²) in [6.07, 6.45) is 5.01. The second-order valence-electron chi connectivity index (χ2n) is 8.36. The van der Waals surface area contributed by atoms with Gasteiger partial charge in [-0.1, -0.05) is 36.8 Å². The van der Waals surface area contributed by atoms with E-state index in [9.17, 15) is 9.59 Å². The van der Waals surface area contributed by atoms with E-state index in [4.69, 9.17) is 0 Å². The van der Waals surface area contributed by atoms with Crippen molar-refractivity contribution in [1.29, 1.82) is 0 Å². The van der Waals surface area contributed by atoms with E-state index in [1.54, 1.807) is 0 Å². The molecule has 1 saturated carbocycles. The first kappa shape index (κ1) is 18.4. The third-order valence-electron chi connectivity index (χ3n) is 6.48. The molecule has 2 aliphatic heterocycles. The normalized spacial score (nSPS) is 29.1. The van der Waals surface area contributed by atoms with E-state index in [0.717, 1.165) is 45.6 Å². The highest BCUT2D eigenvalue weighted by Crippen LogP contribution is 2.18. The van der Waals surface area contributed by atoms with Gasteiger partial charge in [-0.25, -0.2) is 0 Å². The Morgan fingerprint density at radius 2 is 1.89 bits per heavy atom. The maximum atomic E-state index is 12.8. The van der Waals surface area contributed by atoms with E-state index >= 15 is 0 Å². The Labute approximate surface area is 161 Å². The Hall–Kier alpha value is -1.92. The van der Waals surface area contributed by atoms with Gasteiger partial charge in [0.05, 0.1) is 38.6 Å². The molecule has 1 aromatic carbocycles. The van der Waals surface area contributed by atoms with Crippen LogP contribution >= 0.6 is 0 Å². The minimum Gasteiger partial charge on any atom is -0.342 e. The first-order valence-electron chi connectivity index (χ1n) is 10.5. The van der Waals surface area contributed by atoms with Crippen LogP contribution in [-0.2, 0) is 16.1 Å². The van der Waals surface area contributed by atoms with Gasteiger partial charge in [0.25, 0.3) is 5.91 Å². The lowest BCUT2D eigenvalue weighted by atomic mass is 9.87. The molecule has 1 aromatic rings. The fraction of sp³-hybridized carbons (Fsp3) is 0.619. The molecule has 146 valence electrons. The summed E-state index contributed by atoms with van der Waals surface area (Å²) in [5.74, 6) is 0.194. The number of piperazine rings is 2. The second-order valence-corrected chi connectivity index (χ2v) is 8.36. The van der Waals surface area contributed by atoms with Crippen molar-refractivity contribution in [2.24, 2.45) is 0 Å². The van der Waals surface area contributed by atoms with Crippen LogP contribution in [0.4, 0.5) is 0 Å². The van der Waals surface area contributed by atoms with Crippen molar-refractivity contribution in [3.8, 4) is 0 Å². The average molecular weight is 373 g/mol. The van der Waals surface area contributed by atoms with Crippen LogP contribution in [-0.4, -0.2) is 61.0 Å². The summed E-state index contributed by atoms with van der Waals surface area (Å²) >= 11 is 0. The maximum absolute atomic E-state index is 12.8. The molecular formula is C21H32N4O2+2. The predicted molar refractivity (Wildman–Crippen MR) is 102 cm³/mol. The fourth-order valence-corrected chi connectivity index (χ4v) is 4.86. The van der Waals surface area contributed by atoms with Crippen molar-refractivity contribution < 1.29 is 19.8 Å². The number of nitrogens with two attached hydrogens (primary N) is 1. The Bertz CT molecular complexity index is 657. The van der Waals surface area contributed by atoms with Gasteiger partial charge in [0.15, 0.2) is 6.04 Å². The minimum atomic E-state index is -0.244. The highest BCUT2D eigenvalue weighted by atomic mass is 16.2. The molecule has 0 radical (unpaired) electrons. The SMILES string of the molecule is O=C1N[C@H]2CCCC[C@H]2[NH2+][C@H]1CC(=O)N1CC[NH+](Cc2ccccc2)CC1. The third-order valence-corrected chi connectivity index (χ3v) is 6.48. The Balaban J connectivity index is 1.25. The number of nitrogens with zero attached hydrogens (tertiary/aromatic N) is 1. The Morgan fingerprint density at radius 3 is 2.67 bits per heavy atom. The first-order valence-corrected chi connectivity index (χ1v) is 10.5. The number of hydrogen-bond acceptors (Lipinski definition) is 2. The number of nitrogens with one attached hydrogen (secondary N) is 2. The van der Waals surface area contributed by atoms with E-state index in [1.807, 2.05) is 11.0 Å². The largest absolute Gasteiger partial charge is 0.342 e. The van der Waals surface area contributed by atoms with E-state index in [2.05, 4.69) is 34.9 Å². The first-order chi connectivity index (χ1) is 13.2. The highest BCUT2D eigenvalue weighted by Gasteiger charge is 2.41. The van der Waals surface area contributed by atoms with Gasteiger partial charge in [0.2, 0.25) is 5.91 Å². The molecule has 0 spiro atoms. The van der Waals surface area contributed by atoms with E-state index in [-0.39, 0.29) is 17.9 Å². The molecule has 2 saturated heterocycles. The van der Waals surface area contributed by atoms with Gasteiger partial charge in [-0.05, 0) is 12.8 Å². The predicted octanol–water partition coefficient (Wildman–Crippen LogP) is -1.32. The van der Waals surface area contributed by atoms with Crippen molar-refractivity contribution in [2.45, 2.75) is 56.8 Å². The molecule has 0 unspecified atom stereocenters. The van der Waals surface area contributed by atoms with Gasteiger partial charge in [0, 0.05) is 12.0 Å². The van der Waals surface area contributed by atoms with Crippen LogP contribution < -0.4 is 15.5 Å². The Morgan fingerprint density at radius 1 is 1.15 bits per heavy atom. The van der Waals surface area contributed by atoms with Gasteiger partial charge >= 0.3 is 0 Å². The molecule has 6 nitrogen and oxygen atoms in total. The fourth-order valence-electron chi connectivity index (χ4n) is 4.86. The number of carbonyl (C=O) groups is 2. The number of rotatable bonds is 4. The van der Waals surface area contributed by atoms with Crippen LogP contribution in [0, 0.1) is 0 Å². The number of benzene rings is 1. The summed E-state index contributed by atoms with van der Waals surface area (Å²) in [5.41, 5.74) is 1.35. The summed E-state index contributed by atoms with van der Waals surface area (Å²) in [6, 6.07) is 11.1. The molecule has 3 atom stereocenters. The average Bonchev–Trinajstić information content (AvgIpc) is 2.70. The summed E-state index contributed by atoms with van der Waals surface area (Å²) in [5, 5.41) is 5.34.